The molecular formula is C26H28N4O2S2. The van der Waals surface area contributed by atoms with Crippen LogP contribution in [0, 0.1) is 6.92 Å². The Hall–Kier alpha value is -2.97. The molecule has 4 rings (SSSR count). The van der Waals surface area contributed by atoms with Crippen molar-refractivity contribution in [3.8, 4) is 0 Å². The van der Waals surface area contributed by atoms with E-state index in [0.29, 0.717) is 32.8 Å². The number of benzene rings is 1. The second-order valence-electron chi connectivity index (χ2n) is 8.28. The van der Waals surface area contributed by atoms with Gasteiger partial charge in [-0.1, -0.05) is 74.2 Å². The van der Waals surface area contributed by atoms with E-state index in [1.54, 1.807) is 21.6 Å². The van der Waals surface area contributed by atoms with Crippen LogP contribution in [0.15, 0.2) is 58.4 Å². The van der Waals surface area contributed by atoms with Crippen LogP contribution in [0.2, 0.25) is 0 Å². The quantitative estimate of drug-likeness (QED) is 0.325. The summed E-state index contributed by atoms with van der Waals surface area (Å²) in [7, 11) is 0. The maximum absolute atomic E-state index is 13.6. The molecule has 1 fully saturated rings. The summed E-state index contributed by atoms with van der Waals surface area (Å²) >= 11 is 6.76. The molecule has 3 heterocycles. The van der Waals surface area contributed by atoms with Crippen molar-refractivity contribution in [1.82, 2.24) is 14.3 Å². The van der Waals surface area contributed by atoms with Gasteiger partial charge in [0.05, 0.1) is 17.0 Å². The van der Waals surface area contributed by atoms with Crippen molar-refractivity contribution in [3.63, 3.8) is 0 Å². The molecule has 1 aromatic carbocycles. The van der Waals surface area contributed by atoms with Crippen LogP contribution in [-0.2, 0) is 11.3 Å². The van der Waals surface area contributed by atoms with Gasteiger partial charge in [0.25, 0.3) is 11.5 Å². The van der Waals surface area contributed by atoms with E-state index in [4.69, 9.17) is 17.2 Å². The minimum atomic E-state index is -0.186. The van der Waals surface area contributed by atoms with Gasteiger partial charge in [0.15, 0.2) is 0 Å². The van der Waals surface area contributed by atoms with Crippen molar-refractivity contribution in [2.75, 3.05) is 18.0 Å². The molecule has 6 nitrogen and oxygen atoms in total. The standard InChI is InChI=1S/C26H28N4O2S2/c1-4-13-28(14-5-2)23-20(24(31)29-15-9-10-18(3)22(29)27-23)16-21-25(32)30(26(33)34-21)17-19-11-7-6-8-12-19/h6-12,15-16H,4-5,13-14,17H2,1-3H3/b21-16-. The zero-order valence-electron chi connectivity index (χ0n) is 19.7. The van der Waals surface area contributed by atoms with Gasteiger partial charge in [0.1, 0.15) is 15.8 Å². The first-order valence-corrected chi connectivity index (χ1v) is 12.7. The van der Waals surface area contributed by atoms with Crippen LogP contribution in [0.3, 0.4) is 0 Å². The summed E-state index contributed by atoms with van der Waals surface area (Å²) in [6.45, 7) is 8.12. The fourth-order valence-corrected chi connectivity index (χ4v) is 5.30. The van der Waals surface area contributed by atoms with Gasteiger partial charge in [-0.2, -0.15) is 0 Å². The number of hydrogen-bond acceptors (Lipinski definition) is 6. The lowest BCUT2D eigenvalue weighted by Crippen LogP contribution is -2.31. The van der Waals surface area contributed by atoms with E-state index in [9.17, 15) is 9.59 Å². The Morgan fingerprint density at radius 1 is 1.06 bits per heavy atom. The average Bonchev–Trinajstić information content (AvgIpc) is 3.09. The van der Waals surface area contributed by atoms with Crippen LogP contribution in [0.5, 0.6) is 0 Å². The topological polar surface area (TPSA) is 57.9 Å². The van der Waals surface area contributed by atoms with Crippen molar-refractivity contribution < 1.29 is 4.79 Å². The normalized spacial score (nSPS) is 15.0. The van der Waals surface area contributed by atoms with Gasteiger partial charge in [0, 0.05) is 19.3 Å². The van der Waals surface area contributed by atoms with E-state index in [1.807, 2.05) is 49.4 Å². The van der Waals surface area contributed by atoms with E-state index in [2.05, 4.69) is 18.7 Å². The first-order valence-electron chi connectivity index (χ1n) is 11.5. The molecule has 0 atom stereocenters. The molecule has 0 aliphatic carbocycles. The molecule has 8 heteroatoms. The second-order valence-corrected chi connectivity index (χ2v) is 9.96. The van der Waals surface area contributed by atoms with Crippen molar-refractivity contribution in [2.24, 2.45) is 0 Å². The Kier molecular flexibility index (Phi) is 7.48. The number of aryl methyl sites for hydroxylation is 1. The average molecular weight is 493 g/mol. The number of pyridine rings is 1. The predicted octanol–water partition coefficient (Wildman–Crippen LogP) is 5.03. The van der Waals surface area contributed by atoms with E-state index >= 15 is 0 Å². The molecule has 1 aliphatic rings. The molecule has 0 N–H and O–H groups in total. The number of hydrogen-bond donors (Lipinski definition) is 0. The monoisotopic (exact) mass is 492 g/mol. The minimum Gasteiger partial charge on any atom is -0.356 e. The molecular weight excluding hydrogens is 464 g/mol. The van der Waals surface area contributed by atoms with E-state index in [-0.39, 0.29) is 11.5 Å². The van der Waals surface area contributed by atoms with Crippen LogP contribution in [0.25, 0.3) is 11.7 Å². The lowest BCUT2D eigenvalue weighted by molar-refractivity contribution is -0.122. The molecule has 0 saturated carbocycles. The summed E-state index contributed by atoms with van der Waals surface area (Å²) in [6.07, 6.45) is 5.26. The number of anilines is 1. The number of thiocarbonyl (C=S) groups is 1. The lowest BCUT2D eigenvalue weighted by Gasteiger charge is -2.25. The second kappa shape index (κ2) is 10.5. The Bertz CT molecular complexity index is 1310. The Labute approximate surface area is 209 Å². The number of nitrogens with zero attached hydrogens (tertiary/aromatic N) is 4. The molecule has 176 valence electrons. The van der Waals surface area contributed by atoms with E-state index < -0.39 is 0 Å². The maximum atomic E-state index is 13.6. The Balaban J connectivity index is 1.82. The van der Waals surface area contributed by atoms with Crippen LogP contribution in [-0.4, -0.2) is 37.6 Å². The molecule has 2 aromatic heterocycles. The molecule has 0 bridgehead atoms. The van der Waals surface area contributed by atoms with Gasteiger partial charge >= 0.3 is 0 Å². The third-order valence-electron chi connectivity index (χ3n) is 5.68. The number of amides is 1. The first-order chi connectivity index (χ1) is 16.4. The fourth-order valence-electron chi connectivity index (χ4n) is 4.06. The highest BCUT2D eigenvalue weighted by Gasteiger charge is 2.33. The Morgan fingerprint density at radius 3 is 2.44 bits per heavy atom. The van der Waals surface area contributed by atoms with Gasteiger partial charge in [-0.25, -0.2) is 4.98 Å². The summed E-state index contributed by atoms with van der Waals surface area (Å²) in [5.74, 6) is 0.437. The molecule has 0 radical (unpaired) electrons. The molecule has 1 saturated heterocycles. The van der Waals surface area contributed by atoms with Gasteiger partial charge in [0.2, 0.25) is 0 Å². The number of thioether (sulfide) groups is 1. The van der Waals surface area contributed by atoms with Crippen LogP contribution < -0.4 is 10.5 Å². The zero-order chi connectivity index (χ0) is 24.2. The Morgan fingerprint density at radius 2 is 1.76 bits per heavy atom. The van der Waals surface area contributed by atoms with Gasteiger partial charge in [-0.3, -0.25) is 18.9 Å². The van der Waals surface area contributed by atoms with E-state index in [1.165, 1.54) is 11.8 Å². The largest absolute Gasteiger partial charge is 0.356 e. The number of carbonyl (C=O) groups is 1. The highest BCUT2D eigenvalue weighted by atomic mass is 32.2. The van der Waals surface area contributed by atoms with Crippen molar-refractivity contribution in [3.05, 3.63) is 80.6 Å². The molecule has 0 unspecified atom stereocenters. The summed E-state index contributed by atoms with van der Waals surface area (Å²) in [5.41, 5.74) is 2.79. The summed E-state index contributed by atoms with van der Waals surface area (Å²) in [4.78, 5) is 36.0. The third kappa shape index (κ3) is 4.79. The SMILES string of the molecule is CCCN(CCC)c1nc2c(C)cccn2c(=O)c1/C=C1\SC(=S)N(Cc2ccccc2)C1=O. The highest BCUT2D eigenvalue weighted by Crippen LogP contribution is 2.34. The van der Waals surface area contributed by atoms with Crippen LogP contribution in [0.4, 0.5) is 5.82 Å². The first kappa shape index (κ1) is 24.2. The number of fused-ring (bicyclic) bond motifs is 1. The highest BCUT2D eigenvalue weighted by molar-refractivity contribution is 8.26. The smallest absolute Gasteiger partial charge is 0.267 e. The molecule has 34 heavy (non-hydrogen) atoms. The third-order valence-corrected chi connectivity index (χ3v) is 7.06. The van der Waals surface area contributed by atoms with Crippen LogP contribution in [0.1, 0.15) is 43.4 Å². The molecule has 1 amide bonds. The molecule has 0 spiro atoms. The maximum Gasteiger partial charge on any atom is 0.267 e. The number of carbonyl (C=O) groups excluding carboxylic acids is 1. The van der Waals surface area contributed by atoms with Crippen molar-refractivity contribution in [1.29, 1.82) is 0 Å². The minimum absolute atomic E-state index is 0.184. The fraction of sp³-hybridized carbons (Fsp3) is 0.308. The lowest BCUT2D eigenvalue weighted by atomic mass is 10.2. The number of aromatic nitrogens is 2. The van der Waals surface area contributed by atoms with E-state index in [0.717, 1.165) is 37.1 Å². The molecule has 3 aromatic rings. The summed E-state index contributed by atoms with van der Waals surface area (Å²) in [6, 6.07) is 13.5. The van der Waals surface area contributed by atoms with Crippen molar-refractivity contribution in [2.45, 2.75) is 40.2 Å². The number of rotatable bonds is 8. The van der Waals surface area contributed by atoms with Gasteiger partial charge in [-0.15, -0.1) is 0 Å². The molecule has 1 aliphatic heterocycles. The van der Waals surface area contributed by atoms with Gasteiger partial charge in [-0.05, 0) is 43.0 Å². The van der Waals surface area contributed by atoms with Crippen LogP contribution >= 0.6 is 24.0 Å². The van der Waals surface area contributed by atoms with Crippen molar-refractivity contribution >= 4 is 51.7 Å². The zero-order valence-corrected chi connectivity index (χ0v) is 21.3. The summed E-state index contributed by atoms with van der Waals surface area (Å²) in [5, 5.41) is 0. The van der Waals surface area contributed by atoms with Gasteiger partial charge < -0.3 is 4.90 Å². The summed E-state index contributed by atoms with van der Waals surface area (Å²) < 4.78 is 2.05. The predicted molar refractivity (Wildman–Crippen MR) is 144 cm³/mol.